The first-order valence-corrected chi connectivity index (χ1v) is 10.1. The van der Waals surface area contributed by atoms with Gasteiger partial charge in [0.15, 0.2) is 0 Å². The van der Waals surface area contributed by atoms with Crippen LogP contribution in [0.4, 0.5) is 10.2 Å². The molecule has 0 atom stereocenters. The summed E-state index contributed by atoms with van der Waals surface area (Å²) in [7, 11) is 0. The number of halogens is 1. The second-order valence-electron chi connectivity index (χ2n) is 7.31. The number of nitrogens with two attached hydrogens (primary N) is 1. The van der Waals surface area contributed by atoms with E-state index in [0.717, 1.165) is 40.0 Å². The quantitative estimate of drug-likeness (QED) is 0.429. The van der Waals surface area contributed by atoms with Crippen LogP contribution in [-0.4, -0.2) is 19.5 Å². The Morgan fingerprint density at radius 3 is 2.48 bits per heavy atom. The highest BCUT2D eigenvalue weighted by molar-refractivity contribution is 5.90. The van der Waals surface area contributed by atoms with Crippen LogP contribution in [0.1, 0.15) is 12.5 Å². The molecule has 152 valence electrons. The van der Waals surface area contributed by atoms with Crippen molar-refractivity contribution in [3.8, 4) is 28.2 Å². The van der Waals surface area contributed by atoms with E-state index >= 15 is 0 Å². The van der Waals surface area contributed by atoms with E-state index in [1.165, 1.54) is 17.8 Å². The van der Waals surface area contributed by atoms with Gasteiger partial charge in [0.05, 0.1) is 28.6 Å². The predicted octanol–water partition coefficient (Wildman–Crippen LogP) is 5.43. The van der Waals surface area contributed by atoms with Gasteiger partial charge in [0.2, 0.25) is 0 Å². The van der Waals surface area contributed by atoms with Gasteiger partial charge in [-0.2, -0.15) is 0 Å². The molecule has 0 unspecified atom stereocenters. The van der Waals surface area contributed by atoms with E-state index in [4.69, 9.17) is 5.73 Å². The monoisotopic (exact) mass is 409 g/mol. The van der Waals surface area contributed by atoms with Crippen molar-refractivity contribution in [2.24, 2.45) is 0 Å². The Balaban J connectivity index is 1.77. The largest absolute Gasteiger partial charge is 0.383 e. The summed E-state index contributed by atoms with van der Waals surface area (Å²) in [5, 5.41) is 0. The number of fused-ring (bicyclic) bond motifs is 1. The third-order valence-electron chi connectivity index (χ3n) is 5.39. The zero-order chi connectivity index (χ0) is 21.4. The number of aromatic nitrogens is 4. The molecule has 4 heterocycles. The molecule has 5 rings (SSSR count). The molecular weight excluding hydrogens is 389 g/mol. The molecule has 0 fully saturated rings. The molecule has 31 heavy (non-hydrogen) atoms. The van der Waals surface area contributed by atoms with Crippen LogP contribution in [0, 0.1) is 5.82 Å². The molecular formula is C25H20FN5. The van der Waals surface area contributed by atoms with Crippen LogP contribution < -0.4 is 5.73 Å². The summed E-state index contributed by atoms with van der Waals surface area (Å²) < 4.78 is 15.5. The smallest absolute Gasteiger partial charge is 0.141 e. The fourth-order valence-corrected chi connectivity index (χ4v) is 3.76. The van der Waals surface area contributed by atoms with E-state index in [9.17, 15) is 4.39 Å². The molecule has 0 aliphatic rings. The van der Waals surface area contributed by atoms with Gasteiger partial charge in [-0.15, -0.1) is 0 Å². The molecule has 0 saturated carbocycles. The normalized spacial score (nSPS) is 11.2. The molecule has 6 heteroatoms. The predicted molar refractivity (Wildman–Crippen MR) is 121 cm³/mol. The molecule has 0 radical (unpaired) electrons. The van der Waals surface area contributed by atoms with Crippen molar-refractivity contribution < 1.29 is 4.39 Å². The van der Waals surface area contributed by atoms with E-state index in [1.54, 1.807) is 18.5 Å². The van der Waals surface area contributed by atoms with Gasteiger partial charge in [-0.1, -0.05) is 19.1 Å². The number of rotatable bonds is 4. The Morgan fingerprint density at radius 2 is 1.77 bits per heavy atom. The Bertz CT molecular complexity index is 1370. The summed E-state index contributed by atoms with van der Waals surface area (Å²) in [4.78, 5) is 13.1. The number of anilines is 1. The standard InChI is InChI=1S/C25H20FN5/c1-2-16-5-8-19(9-6-16)31-23(20-4-3-11-28-25(20)27)13-22-24(31)12-17(14-29-22)21-10-7-18(26)15-30-21/h3-15H,2H2,1H3,(H2,27,28). The van der Waals surface area contributed by atoms with Gasteiger partial charge < -0.3 is 10.3 Å². The van der Waals surface area contributed by atoms with Crippen LogP contribution in [0.25, 0.3) is 39.2 Å². The second kappa shape index (κ2) is 7.65. The fraction of sp³-hybridized carbons (Fsp3) is 0.0800. The van der Waals surface area contributed by atoms with Crippen LogP contribution in [0.2, 0.25) is 0 Å². The molecule has 0 spiro atoms. The van der Waals surface area contributed by atoms with Gasteiger partial charge in [0.25, 0.3) is 0 Å². The molecule has 5 aromatic rings. The highest BCUT2D eigenvalue weighted by Gasteiger charge is 2.17. The van der Waals surface area contributed by atoms with Crippen molar-refractivity contribution in [2.75, 3.05) is 5.73 Å². The number of aryl methyl sites for hydroxylation is 1. The first kappa shape index (κ1) is 18.9. The number of nitrogen functional groups attached to an aromatic ring is 1. The SMILES string of the molecule is CCc1ccc(-n2c(-c3cccnc3N)cc3ncc(-c4ccc(F)cn4)cc32)cc1. The Hall–Kier alpha value is -4.06. The van der Waals surface area contributed by atoms with Crippen LogP contribution in [0.15, 0.2) is 79.3 Å². The summed E-state index contributed by atoms with van der Waals surface area (Å²) in [6, 6.07) is 19.3. The number of hydrogen-bond acceptors (Lipinski definition) is 4. The van der Waals surface area contributed by atoms with Gasteiger partial charge in [0, 0.05) is 29.2 Å². The fourth-order valence-electron chi connectivity index (χ4n) is 3.76. The van der Waals surface area contributed by atoms with Gasteiger partial charge in [-0.3, -0.25) is 9.97 Å². The van der Waals surface area contributed by atoms with Crippen LogP contribution in [-0.2, 0) is 6.42 Å². The maximum atomic E-state index is 13.3. The van der Waals surface area contributed by atoms with E-state index in [2.05, 4.69) is 50.7 Å². The van der Waals surface area contributed by atoms with Crippen LogP contribution in [0.3, 0.4) is 0 Å². The van der Waals surface area contributed by atoms with Crippen molar-refractivity contribution >= 4 is 16.9 Å². The first-order valence-electron chi connectivity index (χ1n) is 10.1. The lowest BCUT2D eigenvalue weighted by atomic mass is 10.1. The average Bonchev–Trinajstić information content (AvgIpc) is 3.18. The van der Waals surface area contributed by atoms with Crippen molar-refractivity contribution in [1.29, 1.82) is 0 Å². The van der Waals surface area contributed by atoms with E-state index < -0.39 is 0 Å². The molecule has 0 amide bonds. The van der Waals surface area contributed by atoms with Gasteiger partial charge in [0.1, 0.15) is 11.6 Å². The zero-order valence-corrected chi connectivity index (χ0v) is 17.0. The third-order valence-corrected chi connectivity index (χ3v) is 5.39. The summed E-state index contributed by atoms with van der Waals surface area (Å²) in [5.41, 5.74) is 13.4. The molecule has 0 aliphatic carbocycles. The lowest BCUT2D eigenvalue weighted by Gasteiger charge is -2.13. The van der Waals surface area contributed by atoms with Crippen molar-refractivity contribution in [3.63, 3.8) is 0 Å². The highest BCUT2D eigenvalue weighted by atomic mass is 19.1. The lowest BCUT2D eigenvalue weighted by Crippen LogP contribution is -2.00. The summed E-state index contributed by atoms with van der Waals surface area (Å²) in [6.07, 6.45) is 5.61. The van der Waals surface area contributed by atoms with E-state index in [1.807, 2.05) is 24.3 Å². The molecule has 0 saturated heterocycles. The Labute approximate surface area is 179 Å². The minimum Gasteiger partial charge on any atom is -0.383 e. The maximum absolute atomic E-state index is 13.3. The summed E-state index contributed by atoms with van der Waals surface area (Å²) in [6.45, 7) is 2.13. The minimum atomic E-state index is -0.369. The highest BCUT2D eigenvalue weighted by Crippen LogP contribution is 2.34. The molecule has 4 aromatic heterocycles. The zero-order valence-electron chi connectivity index (χ0n) is 17.0. The topological polar surface area (TPSA) is 69.6 Å². The first-order chi connectivity index (χ1) is 15.1. The second-order valence-corrected chi connectivity index (χ2v) is 7.31. The van der Waals surface area contributed by atoms with E-state index in [-0.39, 0.29) is 5.82 Å². The molecule has 2 N–H and O–H groups in total. The number of benzene rings is 1. The van der Waals surface area contributed by atoms with Crippen LogP contribution in [0.5, 0.6) is 0 Å². The molecule has 5 nitrogen and oxygen atoms in total. The van der Waals surface area contributed by atoms with Crippen molar-refractivity contribution in [1.82, 2.24) is 19.5 Å². The van der Waals surface area contributed by atoms with Crippen molar-refractivity contribution in [3.05, 3.63) is 90.6 Å². The van der Waals surface area contributed by atoms with Gasteiger partial charge in [-0.25, -0.2) is 9.37 Å². The summed E-state index contributed by atoms with van der Waals surface area (Å²) in [5.74, 6) is 0.0867. The maximum Gasteiger partial charge on any atom is 0.141 e. The third kappa shape index (κ3) is 3.42. The van der Waals surface area contributed by atoms with Crippen LogP contribution >= 0.6 is 0 Å². The van der Waals surface area contributed by atoms with E-state index in [0.29, 0.717) is 11.5 Å². The number of nitrogens with zero attached hydrogens (tertiary/aromatic N) is 4. The number of hydrogen-bond donors (Lipinski definition) is 1. The van der Waals surface area contributed by atoms with Gasteiger partial charge in [-0.05, 0) is 60.5 Å². The number of pyridine rings is 3. The minimum absolute atomic E-state index is 0.369. The molecule has 0 bridgehead atoms. The lowest BCUT2D eigenvalue weighted by molar-refractivity contribution is 0.622. The van der Waals surface area contributed by atoms with Crippen molar-refractivity contribution in [2.45, 2.75) is 13.3 Å². The molecule has 0 aliphatic heterocycles. The summed E-state index contributed by atoms with van der Waals surface area (Å²) >= 11 is 0. The average molecular weight is 409 g/mol. The van der Waals surface area contributed by atoms with Gasteiger partial charge >= 0.3 is 0 Å². The Kier molecular flexibility index (Phi) is 4.67. The Morgan fingerprint density at radius 1 is 0.935 bits per heavy atom. The molecule has 1 aromatic carbocycles.